The number of fused-ring (bicyclic) bond motifs is 2. The highest BCUT2D eigenvalue weighted by Gasteiger charge is 2.19. The van der Waals surface area contributed by atoms with Gasteiger partial charge in [-0.3, -0.25) is 4.40 Å². The molecule has 4 aromatic rings. The second-order valence-electron chi connectivity index (χ2n) is 7.91. The summed E-state index contributed by atoms with van der Waals surface area (Å²) >= 11 is 1.63. The number of hydrogen-bond donors (Lipinski definition) is 1. The molecule has 1 N–H and O–H groups in total. The predicted octanol–water partition coefficient (Wildman–Crippen LogP) is 7.19. The van der Waals surface area contributed by atoms with Crippen molar-refractivity contribution in [1.29, 1.82) is 0 Å². The van der Waals surface area contributed by atoms with Gasteiger partial charge in [0.2, 0.25) is 0 Å². The van der Waals surface area contributed by atoms with Gasteiger partial charge in [-0.25, -0.2) is 4.98 Å². The number of pyridine rings is 1. The van der Waals surface area contributed by atoms with Crippen LogP contribution in [-0.4, -0.2) is 9.38 Å². The maximum Gasteiger partial charge on any atom is 0.140 e. The zero-order valence-electron chi connectivity index (χ0n) is 18.0. The Morgan fingerprint density at radius 2 is 1.78 bits per heavy atom. The Labute approximate surface area is 192 Å². The van der Waals surface area contributed by atoms with E-state index < -0.39 is 0 Å². The molecule has 3 heterocycles. The van der Waals surface area contributed by atoms with Crippen molar-refractivity contribution in [3.05, 3.63) is 101 Å². The van der Waals surface area contributed by atoms with Crippen LogP contribution in [0.3, 0.4) is 0 Å². The first-order valence-electron chi connectivity index (χ1n) is 10.6. The molecule has 1 aromatic carbocycles. The van der Waals surface area contributed by atoms with Crippen molar-refractivity contribution in [2.24, 2.45) is 0 Å². The molecule has 6 rings (SSSR count). The topological polar surface area (TPSA) is 29.3 Å². The summed E-state index contributed by atoms with van der Waals surface area (Å²) < 4.78 is 2.12. The molecule has 0 saturated heterocycles. The van der Waals surface area contributed by atoms with Gasteiger partial charge < -0.3 is 5.32 Å². The van der Waals surface area contributed by atoms with Crippen molar-refractivity contribution in [2.75, 3.05) is 5.32 Å². The Bertz CT molecular complexity index is 1420. The van der Waals surface area contributed by atoms with E-state index in [2.05, 4.69) is 90.3 Å². The molecule has 3 nitrogen and oxygen atoms in total. The molecule has 0 amide bonds. The minimum atomic E-state index is 0.143. The van der Waals surface area contributed by atoms with Gasteiger partial charge in [-0.2, -0.15) is 0 Å². The standard InChI is InChI=1S/C22H19N3S.C6H4/c1-4-17-12-13-26-21(17)20-22(23-16(3)18-8-6-5-7-9-18)25-14-15(2)10-11-19(25)24-20;1-2-5-4-6(5)3-1/h1,5-14,16,23H,2-3H3;1-4H. The van der Waals surface area contributed by atoms with E-state index in [-0.39, 0.29) is 6.04 Å². The number of terminal acetylenes is 1. The fraction of sp³-hybridized carbons (Fsp3) is 0.107. The van der Waals surface area contributed by atoms with Crippen LogP contribution in [0.2, 0.25) is 0 Å². The number of hydrogen-bond acceptors (Lipinski definition) is 3. The highest BCUT2D eigenvalue weighted by atomic mass is 32.1. The van der Waals surface area contributed by atoms with E-state index in [9.17, 15) is 0 Å². The van der Waals surface area contributed by atoms with Crippen molar-refractivity contribution >= 4 is 22.8 Å². The summed E-state index contributed by atoms with van der Waals surface area (Å²) in [6.07, 6.45) is 7.80. The third-order valence-corrected chi connectivity index (χ3v) is 6.49. The molecule has 2 aliphatic rings. The van der Waals surface area contributed by atoms with Crippen LogP contribution >= 0.6 is 11.3 Å². The van der Waals surface area contributed by atoms with Gasteiger partial charge in [0.05, 0.1) is 4.88 Å². The van der Waals surface area contributed by atoms with Crippen molar-refractivity contribution in [1.82, 2.24) is 9.38 Å². The Morgan fingerprint density at radius 1 is 1.00 bits per heavy atom. The van der Waals surface area contributed by atoms with Gasteiger partial charge in [0.1, 0.15) is 17.2 Å². The summed E-state index contributed by atoms with van der Waals surface area (Å²) in [5.41, 5.74) is 7.95. The van der Waals surface area contributed by atoms with E-state index in [0.717, 1.165) is 27.6 Å². The number of imidazole rings is 1. The van der Waals surface area contributed by atoms with Gasteiger partial charge in [-0.1, -0.05) is 60.5 Å². The molecule has 1 unspecified atom stereocenters. The zero-order valence-corrected chi connectivity index (χ0v) is 18.9. The Balaban J connectivity index is 0.000000306. The van der Waals surface area contributed by atoms with E-state index in [1.165, 1.54) is 22.3 Å². The fourth-order valence-corrected chi connectivity index (χ4v) is 4.61. The Hall–Kier alpha value is -3.81. The maximum absolute atomic E-state index is 5.69. The van der Waals surface area contributed by atoms with Crippen LogP contribution < -0.4 is 5.32 Å². The highest BCUT2D eigenvalue weighted by Crippen LogP contribution is 2.36. The number of nitrogens with zero attached hydrogens (tertiary/aromatic N) is 2. The predicted molar refractivity (Wildman–Crippen MR) is 135 cm³/mol. The molecule has 0 radical (unpaired) electrons. The number of aromatic nitrogens is 2. The lowest BCUT2D eigenvalue weighted by atomic mass is 10.1. The fourth-order valence-electron chi connectivity index (χ4n) is 3.76. The summed E-state index contributed by atoms with van der Waals surface area (Å²) in [5, 5.41) is 5.67. The molecule has 0 fully saturated rings. The Morgan fingerprint density at radius 3 is 2.44 bits per heavy atom. The van der Waals surface area contributed by atoms with E-state index >= 15 is 0 Å². The van der Waals surface area contributed by atoms with Crippen molar-refractivity contribution in [3.8, 4) is 34.0 Å². The second-order valence-corrected chi connectivity index (χ2v) is 8.83. The van der Waals surface area contributed by atoms with Crippen LogP contribution in [0.4, 0.5) is 5.82 Å². The highest BCUT2D eigenvalue weighted by molar-refractivity contribution is 7.13. The number of anilines is 1. The van der Waals surface area contributed by atoms with Gasteiger partial charge in [-0.05, 0) is 59.7 Å². The van der Waals surface area contributed by atoms with Gasteiger partial charge >= 0.3 is 0 Å². The molecule has 4 heteroatoms. The summed E-state index contributed by atoms with van der Waals surface area (Å²) in [5.74, 6) is 3.75. The van der Waals surface area contributed by atoms with Gasteiger partial charge in [-0.15, -0.1) is 17.8 Å². The molecule has 0 bridgehead atoms. The molecule has 3 aromatic heterocycles. The normalized spacial score (nSPS) is 11.9. The lowest BCUT2D eigenvalue weighted by molar-refractivity contribution is 0.871. The van der Waals surface area contributed by atoms with Crippen LogP contribution in [-0.2, 0) is 0 Å². The van der Waals surface area contributed by atoms with E-state index in [4.69, 9.17) is 11.4 Å². The van der Waals surface area contributed by atoms with Crippen LogP contribution in [0.5, 0.6) is 0 Å². The molecule has 0 aliphatic heterocycles. The number of aryl methyl sites for hydroxylation is 1. The third-order valence-electron chi connectivity index (χ3n) is 5.57. The number of nitrogens with one attached hydrogen (secondary N) is 1. The van der Waals surface area contributed by atoms with Crippen molar-refractivity contribution in [2.45, 2.75) is 19.9 Å². The molecule has 32 heavy (non-hydrogen) atoms. The largest absolute Gasteiger partial charge is 0.363 e. The average Bonchev–Trinajstić information content (AvgIpc) is 3.17. The van der Waals surface area contributed by atoms with Crippen LogP contribution in [0.25, 0.3) is 27.3 Å². The monoisotopic (exact) mass is 433 g/mol. The maximum atomic E-state index is 5.69. The van der Waals surface area contributed by atoms with E-state index in [1.807, 2.05) is 23.6 Å². The average molecular weight is 434 g/mol. The van der Waals surface area contributed by atoms with Gasteiger partial charge in [0.25, 0.3) is 0 Å². The summed E-state index contributed by atoms with van der Waals surface area (Å²) in [6.45, 7) is 4.24. The smallest absolute Gasteiger partial charge is 0.140 e. The molecule has 0 spiro atoms. The molecular formula is C28H23N3S. The van der Waals surface area contributed by atoms with Crippen LogP contribution in [0.15, 0.2) is 84.4 Å². The van der Waals surface area contributed by atoms with Gasteiger partial charge in [0, 0.05) is 17.8 Å². The number of benzene rings is 2. The molecule has 0 saturated carbocycles. The summed E-state index contributed by atoms with van der Waals surface area (Å²) in [4.78, 5) is 5.89. The van der Waals surface area contributed by atoms with E-state index in [0.29, 0.717) is 0 Å². The Kier molecular flexibility index (Phi) is 5.26. The lowest BCUT2D eigenvalue weighted by Gasteiger charge is -2.16. The zero-order chi connectivity index (χ0) is 22.1. The SMILES string of the molecule is C#Cc1ccsc1-c1nc2ccc(C)cn2c1NC(C)c1ccccc1.c1cc2cc-2c1. The molecule has 2 aliphatic carbocycles. The van der Waals surface area contributed by atoms with E-state index in [1.54, 1.807) is 11.3 Å². The first kappa shape index (κ1) is 20.1. The minimum absolute atomic E-state index is 0.143. The third kappa shape index (κ3) is 3.91. The quantitative estimate of drug-likeness (QED) is 0.298. The summed E-state index contributed by atoms with van der Waals surface area (Å²) in [6, 6.07) is 25.1. The number of thiophene rings is 1. The first-order chi connectivity index (χ1) is 15.6. The van der Waals surface area contributed by atoms with Crippen LogP contribution in [0.1, 0.15) is 29.7 Å². The lowest BCUT2D eigenvalue weighted by Crippen LogP contribution is -2.09. The molecule has 156 valence electrons. The van der Waals surface area contributed by atoms with Crippen molar-refractivity contribution in [3.63, 3.8) is 0 Å². The van der Waals surface area contributed by atoms with Crippen LogP contribution in [0, 0.1) is 19.3 Å². The second kappa shape index (κ2) is 8.37. The first-order valence-corrected chi connectivity index (χ1v) is 11.5. The molecule has 1 atom stereocenters. The van der Waals surface area contributed by atoms with Crippen molar-refractivity contribution < 1.29 is 0 Å². The van der Waals surface area contributed by atoms with Gasteiger partial charge in [0.15, 0.2) is 0 Å². The molecular weight excluding hydrogens is 410 g/mol. The minimum Gasteiger partial charge on any atom is -0.363 e. The number of rotatable bonds is 4. The summed E-state index contributed by atoms with van der Waals surface area (Å²) in [7, 11) is 0.